The molecule has 0 spiro atoms. The van der Waals surface area contributed by atoms with Gasteiger partial charge in [-0.15, -0.1) is 0 Å². The number of aromatic hydroxyl groups is 1. The number of hydrogen-bond acceptors (Lipinski definition) is 5. The van der Waals surface area contributed by atoms with Crippen LogP contribution in [0.1, 0.15) is 132 Å². The number of amides is 3. The Morgan fingerprint density at radius 1 is 0.531 bits per heavy atom. The van der Waals surface area contributed by atoms with Crippen LogP contribution in [0, 0.1) is 0 Å². The zero-order valence-corrected chi connectivity index (χ0v) is 30.7. The molecule has 8 nitrogen and oxygen atoms in total. The lowest BCUT2D eigenvalue weighted by Gasteiger charge is -2.21. The van der Waals surface area contributed by atoms with Crippen LogP contribution in [0.4, 0.5) is 0 Å². The zero-order valence-electron chi connectivity index (χ0n) is 30.7. The normalized spacial score (nSPS) is 10.6. The van der Waals surface area contributed by atoms with Crippen LogP contribution >= 0.6 is 0 Å². The Morgan fingerprint density at radius 2 is 0.918 bits per heavy atom. The van der Waals surface area contributed by atoms with Gasteiger partial charge in [0, 0.05) is 59.6 Å². The van der Waals surface area contributed by atoms with E-state index in [1.165, 1.54) is 21.4 Å². The first-order chi connectivity index (χ1) is 20.9. The first kappa shape index (κ1) is 49.2. The minimum Gasteiger partial charge on any atom is -0.508 e. The first-order valence-electron chi connectivity index (χ1n) is 15.4. The molecular weight excluding hydrogens is 612 g/mol. The second-order valence-electron chi connectivity index (χ2n) is 15.1. The van der Waals surface area contributed by atoms with Gasteiger partial charge in [0.1, 0.15) is 11.4 Å². The van der Waals surface area contributed by atoms with Crippen LogP contribution in [-0.4, -0.2) is 84.8 Å². The molecule has 0 unspecified atom stereocenters. The fourth-order valence-electron chi connectivity index (χ4n) is 4.12. The van der Waals surface area contributed by atoms with Gasteiger partial charge in [-0.25, -0.2) is 0 Å². The van der Waals surface area contributed by atoms with Gasteiger partial charge in [-0.05, 0) is 63.3 Å². The summed E-state index contributed by atoms with van der Waals surface area (Å²) in [6.45, 7) is 18.9. The molecule has 0 aliphatic carbocycles. The van der Waals surface area contributed by atoms with E-state index >= 15 is 0 Å². The van der Waals surface area contributed by atoms with Gasteiger partial charge in [-0.3, -0.25) is 19.4 Å². The molecule has 3 amide bonds. The van der Waals surface area contributed by atoms with E-state index in [-0.39, 0.29) is 62.0 Å². The van der Waals surface area contributed by atoms with Crippen molar-refractivity contribution in [2.45, 2.75) is 101 Å². The van der Waals surface area contributed by atoms with Crippen molar-refractivity contribution in [1.29, 1.82) is 0 Å². The summed E-state index contributed by atoms with van der Waals surface area (Å²) in [5.41, 5.74) is 5.07. The molecule has 49 heavy (non-hydrogen) atoms. The van der Waals surface area contributed by atoms with Gasteiger partial charge in [-0.1, -0.05) is 109 Å². The van der Waals surface area contributed by atoms with Crippen molar-refractivity contribution < 1.29 is 19.5 Å². The molecule has 3 aromatic rings. The molecule has 0 saturated heterocycles. The van der Waals surface area contributed by atoms with E-state index in [2.05, 4.69) is 46.5 Å². The molecule has 3 rings (SSSR count). The van der Waals surface area contributed by atoms with E-state index in [0.29, 0.717) is 11.3 Å². The molecule has 1 aromatic heterocycles. The number of nitrogens with zero attached hydrogens (tertiary/aromatic N) is 4. The maximum atomic E-state index is 11.7. The number of rotatable bonds is 3. The van der Waals surface area contributed by atoms with Crippen LogP contribution < -0.4 is 0 Å². The number of phenolic OH excluding ortho intramolecular Hbond substituents is 1. The molecule has 0 fully saturated rings. The third-order valence-electron chi connectivity index (χ3n) is 7.12. The van der Waals surface area contributed by atoms with Gasteiger partial charge in [0.25, 0.3) is 17.7 Å². The molecule has 1 N–H and O–H groups in total. The average Bonchev–Trinajstić information content (AvgIpc) is 2.95. The predicted molar refractivity (Wildman–Crippen MR) is 209 cm³/mol. The lowest BCUT2D eigenvalue weighted by molar-refractivity contribution is 0.0816. The minimum atomic E-state index is -0.121. The van der Waals surface area contributed by atoms with Crippen LogP contribution in [-0.2, 0) is 16.2 Å². The van der Waals surface area contributed by atoms with Crippen LogP contribution in [0.25, 0.3) is 0 Å². The second-order valence-corrected chi connectivity index (χ2v) is 15.1. The zero-order chi connectivity index (χ0) is 35.8. The highest BCUT2D eigenvalue weighted by atomic mass is 16.3. The Labute approximate surface area is 299 Å². The smallest absolute Gasteiger partial charge is 0.271 e. The number of pyridine rings is 1. The summed E-state index contributed by atoms with van der Waals surface area (Å²) in [6, 6.07) is 16.7. The summed E-state index contributed by atoms with van der Waals surface area (Å²) in [4.78, 5) is 43.7. The van der Waals surface area contributed by atoms with Gasteiger partial charge in [-0.2, -0.15) is 0 Å². The molecule has 1 heterocycles. The summed E-state index contributed by atoms with van der Waals surface area (Å²) < 4.78 is 0. The Bertz CT molecular complexity index is 1380. The Kier molecular flexibility index (Phi) is 19.8. The van der Waals surface area contributed by atoms with Gasteiger partial charge >= 0.3 is 0 Å². The van der Waals surface area contributed by atoms with E-state index in [1.54, 1.807) is 65.5 Å². The maximum absolute atomic E-state index is 11.7. The van der Waals surface area contributed by atoms with Crippen LogP contribution in [0.15, 0.2) is 60.8 Å². The lowest BCUT2D eigenvalue weighted by atomic mass is 9.86. The molecule has 0 atom stereocenters. The predicted octanol–water partition coefficient (Wildman–Crippen LogP) is 9.07. The van der Waals surface area contributed by atoms with Gasteiger partial charge in [0.05, 0.1) is 0 Å². The minimum absolute atomic E-state index is 0. The van der Waals surface area contributed by atoms with Gasteiger partial charge in [0.15, 0.2) is 0 Å². The van der Waals surface area contributed by atoms with Crippen LogP contribution in [0.5, 0.6) is 5.75 Å². The number of hydrogen-bond donors (Lipinski definition) is 1. The molecular formula is C41H68N4O4. The van der Waals surface area contributed by atoms with Crippen molar-refractivity contribution in [3.8, 4) is 5.75 Å². The van der Waals surface area contributed by atoms with Gasteiger partial charge in [0.2, 0.25) is 0 Å². The summed E-state index contributed by atoms with van der Waals surface area (Å²) in [5.74, 6) is 0.0712. The first-order valence-corrected chi connectivity index (χ1v) is 15.4. The summed E-state index contributed by atoms with van der Waals surface area (Å²) in [7, 11) is 10.4. The quantitative estimate of drug-likeness (QED) is 0.298. The summed E-state index contributed by atoms with van der Waals surface area (Å²) in [5, 5.41) is 9.89. The number of aromatic nitrogens is 1. The standard InChI is InChI=1S/C13H19NO2.C13H19NO.C12H18N2O.3CH4/c1-13(2,3)10-7-6-9(8-11(10)15)12(16)14(4)5;1-13(2,3)11-8-6-10(7-9-11)12(15)14(4)5;1-12(2,3)9-6-7-10(13-8-9)11(15)14(4)5;;;/h6-8,15H,1-5H3;6-9H,1-5H3;6-8H,1-5H3;3*1H4. The molecule has 276 valence electrons. The van der Waals surface area contributed by atoms with Crippen molar-refractivity contribution in [1.82, 2.24) is 19.7 Å². The Hall–Kier alpha value is -4.20. The van der Waals surface area contributed by atoms with Crippen molar-refractivity contribution >= 4 is 17.7 Å². The van der Waals surface area contributed by atoms with E-state index in [1.807, 2.05) is 57.2 Å². The SMILES string of the molecule is C.C.C.CN(C)C(=O)c1ccc(C(C)(C)C)c(O)c1.CN(C)C(=O)c1ccc(C(C)(C)C)cc1.CN(C)C(=O)c1ccc(C(C)(C)C)cn1. The Balaban J connectivity index is -0.000000629. The number of carbonyl (C=O) groups excluding carboxylic acids is 3. The van der Waals surface area contributed by atoms with E-state index < -0.39 is 0 Å². The molecule has 0 saturated carbocycles. The maximum Gasteiger partial charge on any atom is 0.271 e. The van der Waals surface area contributed by atoms with Crippen molar-refractivity contribution in [2.24, 2.45) is 0 Å². The highest BCUT2D eigenvalue weighted by Gasteiger charge is 2.20. The van der Waals surface area contributed by atoms with Crippen molar-refractivity contribution in [2.75, 3.05) is 42.3 Å². The van der Waals surface area contributed by atoms with Crippen LogP contribution in [0.3, 0.4) is 0 Å². The third kappa shape index (κ3) is 15.3. The number of phenols is 1. The second kappa shape index (κ2) is 19.7. The van der Waals surface area contributed by atoms with E-state index in [9.17, 15) is 19.5 Å². The van der Waals surface area contributed by atoms with Crippen LogP contribution in [0.2, 0.25) is 0 Å². The summed E-state index contributed by atoms with van der Waals surface area (Å²) in [6.07, 6.45) is 1.77. The van der Waals surface area contributed by atoms with Gasteiger partial charge < -0.3 is 19.8 Å². The fourth-order valence-corrected chi connectivity index (χ4v) is 4.12. The molecule has 0 radical (unpaired) electrons. The third-order valence-corrected chi connectivity index (χ3v) is 7.12. The molecule has 2 aromatic carbocycles. The molecule has 0 aliphatic heterocycles. The lowest BCUT2D eigenvalue weighted by Crippen LogP contribution is -2.23. The highest BCUT2D eigenvalue weighted by Crippen LogP contribution is 2.31. The van der Waals surface area contributed by atoms with E-state index in [0.717, 1.165) is 16.7 Å². The number of carbonyl (C=O) groups is 3. The molecule has 0 aliphatic rings. The largest absolute Gasteiger partial charge is 0.508 e. The summed E-state index contributed by atoms with van der Waals surface area (Å²) >= 11 is 0. The average molecular weight is 681 g/mol. The molecule has 8 heteroatoms. The topological polar surface area (TPSA) is 94.0 Å². The monoisotopic (exact) mass is 681 g/mol. The Morgan fingerprint density at radius 3 is 1.24 bits per heavy atom. The number of benzene rings is 2. The van der Waals surface area contributed by atoms with Crippen molar-refractivity contribution in [3.05, 3.63) is 94.3 Å². The van der Waals surface area contributed by atoms with Crippen molar-refractivity contribution in [3.63, 3.8) is 0 Å². The van der Waals surface area contributed by atoms with E-state index in [4.69, 9.17) is 0 Å². The highest BCUT2D eigenvalue weighted by molar-refractivity contribution is 5.94. The fraction of sp³-hybridized carbons (Fsp3) is 0.512. The molecule has 0 bridgehead atoms.